The maximum atomic E-state index is 11.9. The van der Waals surface area contributed by atoms with E-state index in [0.717, 1.165) is 16.7 Å². The van der Waals surface area contributed by atoms with Gasteiger partial charge >= 0.3 is 0 Å². The van der Waals surface area contributed by atoms with Crippen molar-refractivity contribution in [1.82, 2.24) is 16.2 Å². The fraction of sp³-hybridized carbons (Fsp3) is 0.250. The summed E-state index contributed by atoms with van der Waals surface area (Å²) < 4.78 is 0. The molecule has 0 heterocycles. The van der Waals surface area contributed by atoms with E-state index < -0.39 is 5.91 Å². The predicted octanol–water partition coefficient (Wildman–Crippen LogP) is 1.78. The largest absolute Gasteiger partial charge is 0.352 e. The number of nitrogens with one attached hydrogen (secondary N) is 3. The molecule has 0 saturated carbocycles. The number of benzene rings is 2. The van der Waals surface area contributed by atoms with Crippen LogP contribution in [0.25, 0.3) is 0 Å². The fourth-order valence-corrected chi connectivity index (χ4v) is 2.34. The normalized spacial score (nSPS) is 10.0. The highest BCUT2D eigenvalue weighted by Crippen LogP contribution is 2.07. The van der Waals surface area contributed by atoms with Gasteiger partial charge in [-0.1, -0.05) is 54.6 Å². The zero-order valence-corrected chi connectivity index (χ0v) is 14.7. The van der Waals surface area contributed by atoms with Crippen LogP contribution in [0.5, 0.6) is 0 Å². The van der Waals surface area contributed by atoms with Crippen LogP contribution >= 0.6 is 0 Å². The standard InChI is InChI=1S/C20H23N3O3/c1-15-7-5-6-10-17(15)13-20(26)23-22-19(25)12-11-18(24)21-14-16-8-3-2-4-9-16/h2-10H,11-14H2,1H3,(H,21,24)(H,22,25)(H,23,26). The average Bonchev–Trinajstić information content (AvgIpc) is 2.65. The molecule has 0 aromatic heterocycles. The van der Waals surface area contributed by atoms with Gasteiger partial charge in [-0.15, -0.1) is 0 Å². The Bertz CT molecular complexity index is 760. The Labute approximate surface area is 153 Å². The highest BCUT2D eigenvalue weighted by Gasteiger charge is 2.09. The number of hydrogen-bond donors (Lipinski definition) is 3. The smallest absolute Gasteiger partial charge is 0.242 e. The van der Waals surface area contributed by atoms with Gasteiger partial charge in [-0.3, -0.25) is 25.2 Å². The molecule has 0 atom stereocenters. The van der Waals surface area contributed by atoms with Crippen molar-refractivity contribution in [2.45, 2.75) is 32.7 Å². The summed E-state index contributed by atoms with van der Waals surface area (Å²) in [6.07, 6.45) is 0.252. The van der Waals surface area contributed by atoms with Crippen molar-refractivity contribution in [2.75, 3.05) is 0 Å². The van der Waals surface area contributed by atoms with Gasteiger partial charge in [0.25, 0.3) is 0 Å². The van der Waals surface area contributed by atoms with Gasteiger partial charge < -0.3 is 5.32 Å². The lowest BCUT2D eigenvalue weighted by molar-refractivity contribution is -0.130. The summed E-state index contributed by atoms with van der Waals surface area (Å²) in [5, 5.41) is 2.75. The molecule has 0 spiro atoms. The molecule has 3 amide bonds. The Morgan fingerprint density at radius 3 is 2.12 bits per heavy atom. The molecule has 2 aromatic rings. The molecule has 0 aliphatic rings. The van der Waals surface area contributed by atoms with Crippen LogP contribution in [-0.4, -0.2) is 17.7 Å². The van der Waals surface area contributed by atoms with Crippen LogP contribution in [-0.2, 0) is 27.3 Å². The molecule has 26 heavy (non-hydrogen) atoms. The van der Waals surface area contributed by atoms with Crippen molar-refractivity contribution in [2.24, 2.45) is 0 Å². The van der Waals surface area contributed by atoms with Crippen LogP contribution in [0.2, 0.25) is 0 Å². The van der Waals surface area contributed by atoms with Gasteiger partial charge in [-0.05, 0) is 23.6 Å². The molecule has 2 aromatic carbocycles. The first-order valence-electron chi connectivity index (χ1n) is 8.47. The van der Waals surface area contributed by atoms with Crippen LogP contribution in [0.4, 0.5) is 0 Å². The van der Waals surface area contributed by atoms with Gasteiger partial charge in [0, 0.05) is 19.4 Å². The highest BCUT2D eigenvalue weighted by molar-refractivity contribution is 5.86. The summed E-state index contributed by atoms with van der Waals surface area (Å²) in [7, 11) is 0. The Balaban J connectivity index is 1.63. The summed E-state index contributed by atoms with van der Waals surface area (Å²) >= 11 is 0. The molecule has 3 N–H and O–H groups in total. The van der Waals surface area contributed by atoms with E-state index in [1.165, 1.54) is 0 Å². The first-order valence-corrected chi connectivity index (χ1v) is 8.47. The van der Waals surface area contributed by atoms with Gasteiger partial charge in [0.15, 0.2) is 0 Å². The Morgan fingerprint density at radius 2 is 1.38 bits per heavy atom. The molecule has 6 heteroatoms. The van der Waals surface area contributed by atoms with Crippen LogP contribution in [0, 0.1) is 6.92 Å². The molecular weight excluding hydrogens is 330 g/mol. The van der Waals surface area contributed by atoms with E-state index in [4.69, 9.17) is 0 Å². The second-order valence-electron chi connectivity index (χ2n) is 5.96. The second-order valence-corrected chi connectivity index (χ2v) is 5.96. The Hall–Kier alpha value is -3.15. The molecule has 2 rings (SSSR count). The molecule has 6 nitrogen and oxygen atoms in total. The van der Waals surface area contributed by atoms with E-state index in [2.05, 4.69) is 16.2 Å². The zero-order valence-electron chi connectivity index (χ0n) is 14.7. The predicted molar refractivity (Wildman–Crippen MR) is 98.7 cm³/mol. The van der Waals surface area contributed by atoms with E-state index >= 15 is 0 Å². The van der Waals surface area contributed by atoms with Crippen molar-refractivity contribution < 1.29 is 14.4 Å². The zero-order chi connectivity index (χ0) is 18.8. The Kier molecular flexibility index (Phi) is 7.36. The molecule has 0 radical (unpaired) electrons. The molecule has 136 valence electrons. The highest BCUT2D eigenvalue weighted by atomic mass is 16.2. The van der Waals surface area contributed by atoms with E-state index in [1.807, 2.05) is 61.5 Å². The van der Waals surface area contributed by atoms with Crippen molar-refractivity contribution in [1.29, 1.82) is 0 Å². The molecule has 0 bridgehead atoms. The minimum atomic E-state index is -0.405. The Morgan fingerprint density at radius 1 is 0.769 bits per heavy atom. The lowest BCUT2D eigenvalue weighted by atomic mass is 10.1. The third kappa shape index (κ3) is 6.76. The fourth-order valence-electron chi connectivity index (χ4n) is 2.34. The van der Waals surface area contributed by atoms with Crippen LogP contribution in [0.1, 0.15) is 29.5 Å². The molecular formula is C20H23N3O3. The number of rotatable bonds is 7. The third-order valence-electron chi connectivity index (χ3n) is 3.87. The number of amides is 3. The minimum absolute atomic E-state index is 0.00523. The second kappa shape index (κ2) is 9.98. The summed E-state index contributed by atoms with van der Waals surface area (Å²) in [5.74, 6) is -0.922. The first-order chi connectivity index (χ1) is 12.5. The van der Waals surface area contributed by atoms with E-state index in [0.29, 0.717) is 6.54 Å². The van der Waals surface area contributed by atoms with E-state index in [9.17, 15) is 14.4 Å². The quantitative estimate of drug-likeness (QED) is 0.663. The number of carbonyl (C=O) groups is 3. The molecule has 0 fully saturated rings. The maximum absolute atomic E-state index is 11.9. The number of hydrazine groups is 1. The van der Waals surface area contributed by atoms with Crippen molar-refractivity contribution in [3.05, 3.63) is 71.3 Å². The van der Waals surface area contributed by atoms with Gasteiger partial charge in [0.05, 0.1) is 6.42 Å². The lowest BCUT2D eigenvalue weighted by Crippen LogP contribution is -2.42. The number of carbonyl (C=O) groups excluding carboxylic acids is 3. The molecule has 0 saturated heterocycles. The number of aryl methyl sites for hydroxylation is 1. The monoisotopic (exact) mass is 353 g/mol. The van der Waals surface area contributed by atoms with E-state index in [-0.39, 0.29) is 31.1 Å². The van der Waals surface area contributed by atoms with Crippen molar-refractivity contribution in [3.8, 4) is 0 Å². The summed E-state index contributed by atoms with van der Waals surface area (Å²) in [6.45, 7) is 2.35. The van der Waals surface area contributed by atoms with Crippen LogP contribution in [0.3, 0.4) is 0 Å². The lowest BCUT2D eigenvalue weighted by Gasteiger charge is -2.09. The summed E-state index contributed by atoms with van der Waals surface area (Å²) in [5.41, 5.74) is 7.62. The number of hydrogen-bond acceptors (Lipinski definition) is 3. The van der Waals surface area contributed by atoms with Gasteiger partial charge in [0.1, 0.15) is 0 Å². The molecule has 0 aliphatic carbocycles. The summed E-state index contributed by atoms with van der Waals surface area (Å²) in [4.78, 5) is 35.4. The van der Waals surface area contributed by atoms with Gasteiger partial charge in [0.2, 0.25) is 17.7 Å². The third-order valence-corrected chi connectivity index (χ3v) is 3.87. The van der Waals surface area contributed by atoms with Crippen LogP contribution in [0.15, 0.2) is 54.6 Å². The van der Waals surface area contributed by atoms with Gasteiger partial charge in [-0.2, -0.15) is 0 Å². The summed E-state index contributed by atoms with van der Waals surface area (Å²) in [6, 6.07) is 17.1. The van der Waals surface area contributed by atoms with E-state index in [1.54, 1.807) is 0 Å². The first kappa shape index (κ1) is 19.2. The average molecular weight is 353 g/mol. The minimum Gasteiger partial charge on any atom is -0.352 e. The van der Waals surface area contributed by atoms with Crippen molar-refractivity contribution >= 4 is 17.7 Å². The topological polar surface area (TPSA) is 87.3 Å². The van der Waals surface area contributed by atoms with Gasteiger partial charge in [-0.25, -0.2) is 0 Å². The van der Waals surface area contributed by atoms with Crippen molar-refractivity contribution in [3.63, 3.8) is 0 Å². The maximum Gasteiger partial charge on any atom is 0.242 e. The SMILES string of the molecule is Cc1ccccc1CC(=O)NNC(=O)CCC(=O)NCc1ccccc1. The van der Waals surface area contributed by atoms with Crippen LogP contribution < -0.4 is 16.2 Å². The molecule has 0 aliphatic heterocycles. The molecule has 0 unspecified atom stereocenters.